The van der Waals surface area contributed by atoms with E-state index >= 15 is 0 Å². The first-order chi connectivity index (χ1) is 7.15. The molecule has 2 heteroatoms. The molecule has 0 aliphatic heterocycles. The van der Waals surface area contributed by atoms with Crippen LogP contribution < -0.4 is 5.73 Å². The average molecular weight is 203 g/mol. The van der Waals surface area contributed by atoms with Gasteiger partial charge in [0.2, 0.25) is 0 Å². The van der Waals surface area contributed by atoms with Gasteiger partial charge in [-0.2, -0.15) is 0 Å². The van der Waals surface area contributed by atoms with Gasteiger partial charge in [-0.1, -0.05) is 31.2 Å². The minimum Gasteiger partial charge on any atom is -0.319 e. The summed E-state index contributed by atoms with van der Waals surface area (Å²) in [5, 5.41) is 0. The van der Waals surface area contributed by atoms with Gasteiger partial charge in [0.05, 0.1) is 5.54 Å². The molecule has 0 saturated heterocycles. The third kappa shape index (κ3) is 1.82. The average Bonchev–Trinajstić information content (AvgIpc) is 2.25. The van der Waals surface area contributed by atoms with Crippen molar-refractivity contribution in [2.24, 2.45) is 5.73 Å². The molecule has 1 aromatic rings. The lowest BCUT2D eigenvalue weighted by molar-refractivity contribution is 0.0801. The lowest BCUT2D eigenvalue weighted by Crippen LogP contribution is -2.53. The monoisotopic (exact) mass is 203 g/mol. The summed E-state index contributed by atoms with van der Waals surface area (Å²) in [6.07, 6.45) is 3.75. The third-order valence-corrected chi connectivity index (χ3v) is 3.32. The first-order valence-corrected chi connectivity index (χ1v) is 5.58. The highest BCUT2D eigenvalue weighted by atomic mass is 16.1. The summed E-state index contributed by atoms with van der Waals surface area (Å²) in [7, 11) is 0. The summed E-state index contributed by atoms with van der Waals surface area (Å²) in [5.41, 5.74) is 7.45. The fraction of sp³-hybridized carbons (Fsp3) is 0.462. The molecule has 15 heavy (non-hydrogen) atoms. The SMILES string of the molecule is CCc1ccc(C(=O)C2(N)CCC2)cc1. The molecule has 0 atom stereocenters. The Bertz CT molecular complexity index is 363. The molecule has 1 saturated carbocycles. The van der Waals surface area contributed by atoms with Gasteiger partial charge < -0.3 is 5.73 Å². The van der Waals surface area contributed by atoms with Crippen molar-refractivity contribution in [1.82, 2.24) is 0 Å². The van der Waals surface area contributed by atoms with Crippen LogP contribution in [-0.2, 0) is 6.42 Å². The van der Waals surface area contributed by atoms with Gasteiger partial charge >= 0.3 is 0 Å². The van der Waals surface area contributed by atoms with Crippen LogP contribution in [0.2, 0.25) is 0 Å². The Labute approximate surface area is 90.5 Å². The van der Waals surface area contributed by atoms with Crippen LogP contribution in [0.15, 0.2) is 24.3 Å². The maximum Gasteiger partial charge on any atom is 0.182 e. The van der Waals surface area contributed by atoms with Gasteiger partial charge in [-0.15, -0.1) is 0 Å². The highest BCUT2D eigenvalue weighted by Crippen LogP contribution is 2.32. The second kappa shape index (κ2) is 3.78. The van der Waals surface area contributed by atoms with Crippen molar-refractivity contribution in [3.63, 3.8) is 0 Å². The van der Waals surface area contributed by atoms with Gasteiger partial charge in [-0.25, -0.2) is 0 Å². The highest BCUT2D eigenvalue weighted by molar-refractivity contribution is 6.03. The number of carbonyl (C=O) groups excluding carboxylic acids is 1. The topological polar surface area (TPSA) is 43.1 Å². The Morgan fingerprint density at radius 3 is 2.33 bits per heavy atom. The summed E-state index contributed by atoms with van der Waals surface area (Å²) >= 11 is 0. The summed E-state index contributed by atoms with van der Waals surface area (Å²) in [6.45, 7) is 2.10. The molecule has 0 bridgehead atoms. The molecule has 2 N–H and O–H groups in total. The Morgan fingerprint density at radius 1 is 1.33 bits per heavy atom. The van der Waals surface area contributed by atoms with Crippen molar-refractivity contribution in [3.05, 3.63) is 35.4 Å². The number of Topliss-reactive ketones (excluding diaryl/α,β-unsaturated/α-hetero) is 1. The molecule has 2 rings (SSSR count). The molecule has 0 spiro atoms. The predicted octanol–water partition coefficient (Wildman–Crippen LogP) is 2.31. The minimum atomic E-state index is -0.562. The van der Waals surface area contributed by atoms with E-state index in [0.717, 1.165) is 31.2 Å². The molecule has 0 aromatic heterocycles. The molecule has 1 aromatic carbocycles. The zero-order valence-corrected chi connectivity index (χ0v) is 9.12. The Morgan fingerprint density at radius 2 is 1.93 bits per heavy atom. The van der Waals surface area contributed by atoms with Gasteiger partial charge in [0.15, 0.2) is 5.78 Å². The highest BCUT2D eigenvalue weighted by Gasteiger charge is 2.40. The Hall–Kier alpha value is -1.15. The van der Waals surface area contributed by atoms with Crippen LogP contribution in [0.1, 0.15) is 42.1 Å². The van der Waals surface area contributed by atoms with E-state index in [1.54, 1.807) is 0 Å². The molecule has 0 radical (unpaired) electrons. The largest absolute Gasteiger partial charge is 0.319 e. The van der Waals surface area contributed by atoms with Gasteiger partial charge in [0.1, 0.15) is 0 Å². The quantitative estimate of drug-likeness (QED) is 0.766. The van der Waals surface area contributed by atoms with Crippen LogP contribution in [-0.4, -0.2) is 11.3 Å². The number of aryl methyl sites for hydroxylation is 1. The summed E-state index contributed by atoms with van der Waals surface area (Å²) in [5.74, 6) is 0.108. The van der Waals surface area contributed by atoms with Crippen molar-refractivity contribution in [3.8, 4) is 0 Å². The van der Waals surface area contributed by atoms with Crippen molar-refractivity contribution in [1.29, 1.82) is 0 Å². The fourth-order valence-corrected chi connectivity index (χ4v) is 1.96. The van der Waals surface area contributed by atoms with E-state index in [0.29, 0.717) is 0 Å². The maximum absolute atomic E-state index is 12.0. The van der Waals surface area contributed by atoms with Crippen LogP contribution in [0.5, 0.6) is 0 Å². The van der Waals surface area contributed by atoms with Crippen LogP contribution in [0, 0.1) is 0 Å². The van der Waals surface area contributed by atoms with Gasteiger partial charge in [-0.05, 0) is 31.2 Å². The third-order valence-electron chi connectivity index (χ3n) is 3.32. The number of hydrogen-bond acceptors (Lipinski definition) is 2. The second-order valence-corrected chi connectivity index (χ2v) is 4.39. The first-order valence-electron chi connectivity index (χ1n) is 5.58. The normalized spacial score (nSPS) is 18.3. The maximum atomic E-state index is 12.0. The van der Waals surface area contributed by atoms with E-state index in [2.05, 4.69) is 6.92 Å². The van der Waals surface area contributed by atoms with E-state index in [1.807, 2.05) is 24.3 Å². The smallest absolute Gasteiger partial charge is 0.182 e. The number of ketones is 1. The zero-order chi connectivity index (χ0) is 10.9. The summed E-state index contributed by atoms with van der Waals surface area (Å²) < 4.78 is 0. The summed E-state index contributed by atoms with van der Waals surface area (Å²) in [6, 6.07) is 7.81. The first kappa shape index (κ1) is 10.4. The number of nitrogens with two attached hydrogens (primary N) is 1. The lowest BCUT2D eigenvalue weighted by atomic mass is 9.73. The van der Waals surface area contributed by atoms with Crippen molar-refractivity contribution < 1.29 is 4.79 Å². The molecular formula is C13H17NO. The molecule has 80 valence electrons. The molecule has 1 fully saturated rings. The lowest BCUT2D eigenvalue weighted by Gasteiger charge is -2.36. The summed E-state index contributed by atoms with van der Waals surface area (Å²) in [4.78, 5) is 12.0. The molecule has 2 nitrogen and oxygen atoms in total. The van der Waals surface area contributed by atoms with Crippen molar-refractivity contribution in [2.45, 2.75) is 38.1 Å². The number of benzene rings is 1. The van der Waals surface area contributed by atoms with E-state index in [1.165, 1.54) is 5.56 Å². The number of rotatable bonds is 3. The van der Waals surface area contributed by atoms with E-state index in [9.17, 15) is 4.79 Å². The van der Waals surface area contributed by atoms with Gasteiger partial charge in [0, 0.05) is 5.56 Å². The molecule has 1 aliphatic carbocycles. The standard InChI is InChI=1S/C13H17NO/c1-2-10-4-6-11(7-5-10)12(15)13(14)8-3-9-13/h4-7H,2-3,8-9,14H2,1H3. The van der Waals surface area contributed by atoms with Crippen molar-refractivity contribution >= 4 is 5.78 Å². The van der Waals surface area contributed by atoms with Gasteiger partial charge in [0.25, 0.3) is 0 Å². The second-order valence-electron chi connectivity index (χ2n) is 4.39. The van der Waals surface area contributed by atoms with Crippen LogP contribution >= 0.6 is 0 Å². The molecule has 0 amide bonds. The van der Waals surface area contributed by atoms with E-state index < -0.39 is 5.54 Å². The van der Waals surface area contributed by atoms with Gasteiger partial charge in [-0.3, -0.25) is 4.79 Å². The van der Waals surface area contributed by atoms with E-state index in [4.69, 9.17) is 5.73 Å². The number of hydrogen-bond donors (Lipinski definition) is 1. The minimum absolute atomic E-state index is 0.108. The fourth-order valence-electron chi connectivity index (χ4n) is 1.96. The van der Waals surface area contributed by atoms with Crippen LogP contribution in [0.4, 0.5) is 0 Å². The Kier molecular flexibility index (Phi) is 2.61. The molecule has 0 unspecified atom stereocenters. The molecular weight excluding hydrogens is 186 g/mol. The van der Waals surface area contributed by atoms with E-state index in [-0.39, 0.29) is 5.78 Å². The zero-order valence-electron chi connectivity index (χ0n) is 9.12. The van der Waals surface area contributed by atoms with Crippen LogP contribution in [0.3, 0.4) is 0 Å². The van der Waals surface area contributed by atoms with Crippen LogP contribution in [0.25, 0.3) is 0 Å². The van der Waals surface area contributed by atoms with Crippen molar-refractivity contribution in [2.75, 3.05) is 0 Å². The predicted molar refractivity (Wildman–Crippen MR) is 60.9 cm³/mol. The molecule has 0 heterocycles. The number of carbonyl (C=O) groups is 1. The molecule has 1 aliphatic rings. The Balaban J connectivity index is 2.18.